The number of aliphatic imine (C=N–C) groups is 1. The van der Waals surface area contributed by atoms with Gasteiger partial charge in [-0.15, -0.1) is 10.2 Å². The molecule has 18 heavy (non-hydrogen) atoms. The first-order valence-corrected chi connectivity index (χ1v) is 8.32. The maximum absolute atomic E-state index is 12.1. The summed E-state index contributed by atoms with van der Waals surface area (Å²) < 4.78 is 1.02. The number of hydrogen-bond donors (Lipinski definition) is 1. The molecule has 0 radical (unpaired) electrons. The van der Waals surface area contributed by atoms with Crippen molar-refractivity contribution in [2.75, 3.05) is 17.6 Å². The molecule has 0 bridgehead atoms. The number of aryl methyl sites for hydroxylation is 1. The summed E-state index contributed by atoms with van der Waals surface area (Å²) in [5.74, 6) is 1.00. The number of rotatable bonds is 4. The summed E-state index contributed by atoms with van der Waals surface area (Å²) in [6.45, 7) is 4.73. The van der Waals surface area contributed by atoms with Crippen LogP contribution in [0.5, 0.6) is 0 Å². The highest BCUT2D eigenvalue weighted by molar-refractivity contribution is 8.39. The van der Waals surface area contributed by atoms with Gasteiger partial charge in [0.05, 0.1) is 11.8 Å². The van der Waals surface area contributed by atoms with E-state index in [4.69, 9.17) is 0 Å². The fourth-order valence-electron chi connectivity index (χ4n) is 1.36. The quantitative estimate of drug-likeness (QED) is 0.925. The number of amides is 1. The average molecular weight is 302 g/mol. The molecule has 0 saturated heterocycles. The molecule has 1 aromatic heterocycles. The third kappa shape index (κ3) is 3.69. The van der Waals surface area contributed by atoms with Crippen LogP contribution in [0.15, 0.2) is 4.99 Å². The number of carbonyl (C=O) groups is 1. The number of carbonyl (C=O) groups excluding carboxylic acids is 1. The SMILES string of the molecule is CC[C@H](SC1=NCCS1)C(=O)Nc1nnc(C)s1. The maximum atomic E-state index is 12.1. The zero-order valence-corrected chi connectivity index (χ0v) is 12.6. The van der Waals surface area contributed by atoms with E-state index >= 15 is 0 Å². The minimum atomic E-state index is -0.112. The summed E-state index contributed by atoms with van der Waals surface area (Å²) in [6.07, 6.45) is 0.772. The predicted octanol–water partition coefficient (Wildman–Crippen LogP) is 2.40. The molecule has 1 aromatic rings. The topological polar surface area (TPSA) is 67.2 Å². The van der Waals surface area contributed by atoms with Crippen molar-refractivity contribution < 1.29 is 4.79 Å². The van der Waals surface area contributed by atoms with Gasteiger partial charge in [0.1, 0.15) is 9.38 Å². The molecule has 0 saturated carbocycles. The van der Waals surface area contributed by atoms with Crippen molar-refractivity contribution in [1.29, 1.82) is 0 Å². The Bertz CT molecular complexity index is 460. The molecule has 0 spiro atoms. The van der Waals surface area contributed by atoms with Crippen LogP contribution in [0, 0.1) is 6.92 Å². The van der Waals surface area contributed by atoms with E-state index in [1.165, 1.54) is 11.3 Å². The van der Waals surface area contributed by atoms with Gasteiger partial charge >= 0.3 is 0 Å². The molecular weight excluding hydrogens is 288 g/mol. The molecule has 0 fully saturated rings. The lowest BCUT2D eigenvalue weighted by molar-refractivity contribution is -0.115. The van der Waals surface area contributed by atoms with Crippen LogP contribution in [0.2, 0.25) is 0 Å². The Morgan fingerprint density at radius 2 is 2.39 bits per heavy atom. The molecule has 1 N–H and O–H groups in total. The highest BCUT2D eigenvalue weighted by Crippen LogP contribution is 2.28. The van der Waals surface area contributed by atoms with E-state index in [2.05, 4.69) is 20.5 Å². The standard InChI is InChI=1S/C10H14N4OS3/c1-3-7(18-10-11-4-5-16-10)8(15)12-9-14-13-6(2)17-9/h7H,3-5H2,1-2H3,(H,12,14,15)/t7-/m0/s1. The van der Waals surface area contributed by atoms with Crippen LogP contribution in [0.3, 0.4) is 0 Å². The monoisotopic (exact) mass is 302 g/mol. The molecule has 0 aliphatic carbocycles. The number of thioether (sulfide) groups is 2. The van der Waals surface area contributed by atoms with Gasteiger partial charge in [-0.25, -0.2) is 0 Å². The molecule has 1 aliphatic rings. The van der Waals surface area contributed by atoms with Crippen molar-refractivity contribution in [3.05, 3.63) is 5.01 Å². The second-order valence-electron chi connectivity index (χ2n) is 3.63. The lowest BCUT2D eigenvalue weighted by atomic mass is 10.3. The van der Waals surface area contributed by atoms with Crippen molar-refractivity contribution in [2.24, 2.45) is 4.99 Å². The fourth-order valence-corrected chi connectivity index (χ4v) is 4.11. The van der Waals surface area contributed by atoms with E-state index in [-0.39, 0.29) is 11.2 Å². The van der Waals surface area contributed by atoms with Crippen LogP contribution in [0.25, 0.3) is 0 Å². The minimum absolute atomic E-state index is 0.0196. The first-order chi connectivity index (χ1) is 8.69. The van der Waals surface area contributed by atoms with Crippen molar-refractivity contribution >= 4 is 50.3 Å². The van der Waals surface area contributed by atoms with Gasteiger partial charge < -0.3 is 0 Å². The van der Waals surface area contributed by atoms with Crippen LogP contribution in [0.4, 0.5) is 5.13 Å². The normalized spacial score (nSPS) is 16.4. The smallest absolute Gasteiger partial charge is 0.239 e. The molecule has 1 aliphatic heterocycles. The molecule has 1 amide bonds. The molecule has 2 rings (SSSR count). The van der Waals surface area contributed by atoms with Crippen molar-refractivity contribution in [3.8, 4) is 0 Å². The van der Waals surface area contributed by atoms with E-state index < -0.39 is 0 Å². The summed E-state index contributed by atoms with van der Waals surface area (Å²) >= 11 is 4.65. The first kappa shape index (κ1) is 13.8. The van der Waals surface area contributed by atoms with E-state index in [1.807, 2.05) is 13.8 Å². The van der Waals surface area contributed by atoms with Gasteiger partial charge in [-0.1, -0.05) is 41.8 Å². The third-order valence-electron chi connectivity index (χ3n) is 2.22. The minimum Gasteiger partial charge on any atom is -0.300 e. The molecule has 98 valence electrons. The van der Waals surface area contributed by atoms with E-state index in [9.17, 15) is 4.79 Å². The van der Waals surface area contributed by atoms with Gasteiger partial charge in [0.15, 0.2) is 0 Å². The second kappa shape index (κ2) is 6.53. The zero-order valence-electron chi connectivity index (χ0n) is 10.2. The van der Waals surface area contributed by atoms with Gasteiger partial charge in [-0.3, -0.25) is 15.1 Å². The highest BCUT2D eigenvalue weighted by Gasteiger charge is 2.22. The first-order valence-electron chi connectivity index (χ1n) is 5.64. The number of nitrogens with one attached hydrogen (secondary N) is 1. The van der Waals surface area contributed by atoms with Crippen molar-refractivity contribution in [2.45, 2.75) is 25.5 Å². The average Bonchev–Trinajstić information content (AvgIpc) is 2.97. The van der Waals surface area contributed by atoms with E-state index in [1.54, 1.807) is 23.5 Å². The second-order valence-corrected chi connectivity index (χ2v) is 7.34. The molecule has 0 aromatic carbocycles. The molecule has 0 unspecified atom stereocenters. The number of anilines is 1. The summed E-state index contributed by atoms with van der Waals surface area (Å²) in [6, 6.07) is 0. The fraction of sp³-hybridized carbons (Fsp3) is 0.600. The molecule has 1 atom stereocenters. The summed E-state index contributed by atoms with van der Waals surface area (Å²) in [5, 5.41) is 11.9. The summed E-state index contributed by atoms with van der Waals surface area (Å²) in [4.78, 5) is 16.4. The highest BCUT2D eigenvalue weighted by atomic mass is 32.2. The lowest BCUT2D eigenvalue weighted by Gasteiger charge is -2.12. The predicted molar refractivity (Wildman–Crippen MR) is 79.7 cm³/mol. The Kier molecular flexibility index (Phi) is 5.02. The van der Waals surface area contributed by atoms with Crippen LogP contribution < -0.4 is 5.32 Å². The zero-order chi connectivity index (χ0) is 13.0. The Morgan fingerprint density at radius 1 is 1.56 bits per heavy atom. The maximum Gasteiger partial charge on any atom is 0.239 e. The van der Waals surface area contributed by atoms with Crippen molar-refractivity contribution in [1.82, 2.24) is 10.2 Å². The van der Waals surface area contributed by atoms with E-state index in [0.29, 0.717) is 5.13 Å². The summed E-state index contributed by atoms with van der Waals surface area (Å²) in [7, 11) is 0. The van der Waals surface area contributed by atoms with Gasteiger partial charge in [-0.2, -0.15) is 0 Å². The van der Waals surface area contributed by atoms with Crippen molar-refractivity contribution in [3.63, 3.8) is 0 Å². The Balaban J connectivity index is 1.92. The van der Waals surface area contributed by atoms with Gasteiger partial charge in [0, 0.05) is 5.75 Å². The third-order valence-corrected chi connectivity index (χ3v) is 5.54. The Morgan fingerprint density at radius 3 is 2.94 bits per heavy atom. The van der Waals surface area contributed by atoms with Crippen LogP contribution >= 0.6 is 34.9 Å². The largest absolute Gasteiger partial charge is 0.300 e. The lowest BCUT2D eigenvalue weighted by Crippen LogP contribution is -2.25. The summed E-state index contributed by atoms with van der Waals surface area (Å²) in [5.41, 5.74) is 0. The van der Waals surface area contributed by atoms with Gasteiger partial charge in [-0.05, 0) is 13.3 Å². The van der Waals surface area contributed by atoms with E-state index in [0.717, 1.165) is 28.1 Å². The van der Waals surface area contributed by atoms with Crippen LogP contribution in [-0.2, 0) is 4.79 Å². The van der Waals surface area contributed by atoms with Crippen LogP contribution in [0.1, 0.15) is 18.4 Å². The molecule has 2 heterocycles. The molecule has 8 heteroatoms. The van der Waals surface area contributed by atoms with Gasteiger partial charge in [0.2, 0.25) is 11.0 Å². The molecular formula is C10H14N4OS3. The van der Waals surface area contributed by atoms with Crippen LogP contribution in [-0.4, -0.2) is 38.0 Å². The number of aromatic nitrogens is 2. The number of nitrogens with zero attached hydrogens (tertiary/aromatic N) is 3. The molecule has 5 nitrogen and oxygen atoms in total. The number of hydrogen-bond acceptors (Lipinski definition) is 7. The van der Waals surface area contributed by atoms with Gasteiger partial charge in [0.25, 0.3) is 0 Å². The Hall–Kier alpha value is -0.600. The Labute approximate surface area is 118 Å².